The molecule has 3 rings (SSSR count). The minimum atomic E-state index is -3.98. The lowest BCUT2D eigenvalue weighted by atomic mass is 10.2. The summed E-state index contributed by atoms with van der Waals surface area (Å²) in [6.07, 6.45) is -0.355. The smallest absolute Gasteiger partial charge is 0.305 e. The number of carboxylic acids is 1. The Morgan fingerprint density at radius 3 is 2.75 bits per heavy atom. The lowest BCUT2D eigenvalue weighted by Gasteiger charge is -2.22. The van der Waals surface area contributed by atoms with Crippen molar-refractivity contribution in [3.05, 3.63) is 40.6 Å². The third kappa shape index (κ3) is 3.53. The minimum absolute atomic E-state index is 0.0633. The van der Waals surface area contributed by atoms with Crippen molar-refractivity contribution in [3.63, 3.8) is 0 Å². The van der Waals surface area contributed by atoms with Crippen molar-refractivity contribution in [2.45, 2.75) is 17.4 Å². The SMILES string of the molecule is O=C(O)CC(NS(=O)(=O)c1cccc2c1OCCO2)c1cccs1. The normalized spacial score (nSPS) is 15.0. The number of benzene rings is 1. The fraction of sp³-hybridized carbons (Fsp3) is 0.267. The molecule has 128 valence electrons. The number of hydrogen-bond acceptors (Lipinski definition) is 6. The maximum Gasteiger partial charge on any atom is 0.305 e. The molecule has 1 aliphatic rings. The van der Waals surface area contributed by atoms with Crippen molar-refractivity contribution in [2.24, 2.45) is 0 Å². The maximum atomic E-state index is 12.8. The van der Waals surface area contributed by atoms with Gasteiger partial charge >= 0.3 is 5.97 Å². The first kappa shape index (κ1) is 16.7. The molecule has 1 aliphatic heterocycles. The van der Waals surface area contributed by atoms with Gasteiger partial charge in [0.2, 0.25) is 10.0 Å². The van der Waals surface area contributed by atoms with Gasteiger partial charge < -0.3 is 14.6 Å². The number of thiophene rings is 1. The van der Waals surface area contributed by atoms with E-state index < -0.39 is 22.0 Å². The van der Waals surface area contributed by atoms with Crippen LogP contribution in [-0.4, -0.2) is 32.7 Å². The number of ether oxygens (including phenoxy) is 2. The molecule has 0 radical (unpaired) electrons. The highest BCUT2D eigenvalue weighted by molar-refractivity contribution is 7.89. The average molecular weight is 369 g/mol. The minimum Gasteiger partial charge on any atom is -0.486 e. The molecule has 0 bridgehead atoms. The molecule has 0 fully saturated rings. The highest BCUT2D eigenvalue weighted by Crippen LogP contribution is 2.37. The van der Waals surface area contributed by atoms with Crippen LogP contribution < -0.4 is 14.2 Å². The van der Waals surface area contributed by atoms with Gasteiger partial charge in [0.25, 0.3) is 0 Å². The Bertz CT molecular complexity index is 832. The second-order valence-electron chi connectivity index (χ2n) is 5.07. The first-order valence-electron chi connectivity index (χ1n) is 7.13. The second-order valence-corrected chi connectivity index (χ2v) is 7.73. The van der Waals surface area contributed by atoms with Crippen LogP contribution in [0.15, 0.2) is 40.6 Å². The molecule has 1 aromatic carbocycles. The number of hydrogen-bond donors (Lipinski definition) is 2. The molecule has 2 heterocycles. The van der Waals surface area contributed by atoms with Gasteiger partial charge in [-0.05, 0) is 23.6 Å². The summed E-state index contributed by atoms with van der Waals surface area (Å²) in [7, 11) is -3.98. The third-order valence-corrected chi connectivity index (χ3v) is 5.86. The first-order valence-corrected chi connectivity index (χ1v) is 9.50. The largest absolute Gasteiger partial charge is 0.486 e. The Hall–Kier alpha value is -2.10. The van der Waals surface area contributed by atoms with Gasteiger partial charge in [-0.2, -0.15) is 0 Å². The highest BCUT2D eigenvalue weighted by atomic mass is 32.2. The summed E-state index contributed by atoms with van der Waals surface area (Å²) in [5.74, 6) is -0.586. The molecule has 9 heteroatoms. The summed E-state index contributed by atoms with van der Waals surface area (Å²) in [5, 5.41) is 10.8. The van der Waals surface area contributed by atoms with E-state index in [0.717, 1.165) is 0 Å². The van der Waals surface area contributed by atoms with E-state index in [1.807, 2.05) is 0 Å². The van der Waals surface area contributed by atoms with E-state index in [-0.39, 0.29) is 23.7 Å². The van der Waals surface area contributed by atoms with Crippen LogP contribution in [0.5, 0.6) is 11.5 Å². The molecule has 1 unspecified atom stereocenters. The van der Waals surface area contributed by atoms with Gasteiger partial charge in [-0.25, -0.2) is 13.1 Å². The summed E-state index contributed by atoms with van der Waals surface area (Å²) >= 11 is 1.29. The fourth-order valence-corrected chi connectivity index (χ4v) is 4.60. The quantitative estimate of drug-likeness (QED) is 0.808. The predicted molar refractivity (Wildman–Crippen MR) is 87.1 cm³/mol. The standard InChI is InChI=1S/C15H15NO6S2/c17-14(18)9-10(12-4-2-8-23-12)16-24(19,20)13-5-1-3-11-15(13)22-7-6-21-11/h1-5,8,10,16H,6-7,9H2,(H,17,18). The lowest BCUT2D eigenvalue weighted by molar-refractivity contribution is -0.137. The van der Waals surface area contributed by atoms with Crippen LogP contribution in [0.3, 0.4) is 0 Å². The van der Waals surface area contributed by atoms with Gasteiger partial charge in [0.1, 0.15) is 18.1 Å². The zero-order valence-corrected chi connectivity index (χ0v) is 14.1. The van der Waals surface area contributed by atoms with Crippen LogP contribution >= 0.6 is 11.3 Å². The first-order chi connectivity index (χ1) is 11.5. The Labute approximate surface area is 142 Å². The zero-order valence-electron chi connectivity index (χ0n) is 12.5. The van der Waals surface area contributed by atoms with Crippen molar-refractivity contribution < 1.29 is 27.8 Å². The molecule has 24 heavy (non-hydrogen) atoms. The van der Waals surface area contributed by atoms with Gasteiger partial charge in [0.05, 0.1) is 12.5 Å². The van der Waals surface area contributed by atoms with Crippen LogP contribution in [0.4, 0.5) is 0 Å². The maximum absolute atomic E-state index is 12.8. The molecular weight excluding hydrogens is 354 g/mol. The monoisotopic (exact) mass is 369 g/mol. The van der Waals surface area contributed by atoms with Gasteiger partial charge in [0.15, 0.2) is 11.5 Å². The van der Waals surface area contributed by atoms with Crippen LogP contribution in [0.1, 0.15) is 17.3 Å². The summed E-state index contributed by atoms with van der Waals surface area (Å²) in [6.45, 7) is 0.601. The lowest BCUT2D eigenvalue weighted by Crippen LogP contribution is -2.30. The van der Waals surface area contributed by atoms with Crippen LogP contribution in [0.25, 0.3) is 0 Å². The molecule has 0 spiro atoms. The molecule has 2 aromatic rings. The van der Waals surface area contributed by atoms with E-state index in [4.69, 9.17) is 14.6 Å². The van der Waals surface area contributed by atoms with Crippen molar-refractivity contribution >= 4 is 27.3 Å². The molecule has 0 amide bonds. The van der Waals surface area contributed by atoms with E-state index in [2.05, 4.69) is 4.72 Å². The average Bonchev–Trinajstić information content (AvgIpc) is 3.07. The molecule has 0 saturated carbocycles. The Morgan fingerprint density at radius 2 is 2.04 bits per heavy atom. The third-order valence-electron chi connectivity index (χ3n) is 3.38. The van der Waals surface area contributed by atoms with E-state index in [1.165, 1.54) is 17.4 Å². The van der Waals surface area contributed by atoms with E-state index in [1.54, 1.807) is 29.6 Å². The van der Waals surface area contributed by atoms with Crippen LogP contribution in [0.2, 0.25) is 0 Å². The number of sulfonamides is 1. The summed E-state index contributed by atoms with van der Waals surface area (Å²) in [4.78, 5) is 11.6. The predicted octanol–water partition coefficient (Wildman–Crippen LogP) is 2.01. The summed E-state index contributed by atoms with van der Waals surface area (Å²) in [5.41, 5.74) is 0. The fourth-order valence-electron chi connectivity index (χ4n) is 2.37. The Kier molecular flexibility index (Phi) is 4.74. The number of fused-ring (bicyclic) bond motifs is 1. The molecular formula is C15H15NO6S2. The number of aliphatic carboxylic acids is 1. The van der Waals surface area contributed by atoms with E-state index >= 15 is 0 Å². The van der Waals surface area contributed by atoms with Gasteiger partial charge in [-0.1, -0.05) is 12.1 Å². The molecule has 0 saturated heterocycles. The number of carboxylic acid groups (broad SMARTS) is 1. The molecule has 1 aromatic heterocycles. The second kappa shape index (κ2) is 6.80. The molecule has 2 N–H and O–H groups in total. The molecule has 7 nitrogen and oxygen atoms in total. The van der Waals surface area contributed by atoms with Gasteiger partial charge in [0, 0.05) is 4.88 Å². The van der Waals surface area contributed by atoms with Crippen LogP contribution in [-0.2, 0) is 14.8 Å². The van der Waals surface area contributed by atoms with Crippen LogP contribution in [0, 0.1) is 0 Å². The van der Waals surface area contributed by atoms with E-state index in [9.17, 15) is 13.2 Å². The van der Waals surface area contributed by atoms with Crippen molar-refractivity contribution in [1.82, 2.24) is 4.72 Å². The Morgan fingerprint density at radius 1 is 1.25 bits per heavy atom. The topological polar surface area (TPSA) is 102 Å². The number of nitrogens with one attached hydrogen (secondary N) is 1. The van der Waals surface area contributed by atoms with Gasteiger partial charge in [-0.15, -0.1) is 11.3 Å². The molecule has 1 atom stereocenters. The molecule has 0 aliphatic carbocycles. The number of carbonyl (C=O) groups is 1. The number of para-hydroxylation sites is 1. The van der Waals surface area contributed by atoms with E-state index in [0.29, 0.717) is 17.2 Å². The summed E-state index contributed by atoms with van der Waals surface area (Å²) in [6, 6.07) is 7.17. The number of rotatable bonds is 6. The zero-order chi connectivity index (χ0) is 17.2. The van der Waals surface area contributed by atoms with Gasteiger partial charge in [-0.3, -0.25) is 4.79 Å². The van der Waals surface area contributed by atoms with Crippen molar-refractivity contribution in [1.29, 1.82) is 0 Å². The Balaban J connectivity index is 1.94. The van der Waals surface area contributed by atoms with Crippen molar-refractivity contribution in [2.75, 3.05) is 13.2 Å². The highest BCUT2D eigenvalue weighted by Gasteiger charge is 2.29. The summed E-state index contributed by atoms with van der Waals surface area (Å²) < 4.78 is 38.8. The van der Waals surface area contributed by atoms with Crippen molar-refractivity contribution in [3.8, 4) is 11.5 Å².